The second-order valence-electron chi connectivity index (χ2n) is 3.71. The number of nitrogen functional groups attached to an aromatic ring is 2. The maximum atomic E-state index is 5.97. The van der Waals surface area contributed by atoms with Crippen LogP contribution in [0.4, 0.5) is 11.4 Å². The molecule has 0 saturated heterocycles. The molecule has 0 radical (unpaired) electrons. The summed E-state index contributed by atoms with van der Waals surface area (Å²) < 4.78 is 0. The number of aryl methyl sites for hydroxylation is 1. The quantitative estimate of drug-likeness (QED) is 0.721. The fourth-order valence-corrected chi connectivity index (χ4v) is 1.78. The van der Waals surface area contributed by atoms with Gasteiger partial charge in [0.25, 0.3) is 0 Å². The van der Waals surface area contributed by atoms with Crippen LogP contribution in [0.5, 0.6) is 0 Å². The molecule has 1 aromatic rings. The summed E-state index contributed by atoms with van der Waals surface area (Å²) in [7, 11) is 0. The van der Waals surface area contributed by atoms with Crippen LogP contribution in [0, 0.1) is 0 Å². The molecular weight excluding hydrogens is 172 g/mol. The molecule has 14 heavy (non-hydrogen) atoms. The summed E-state index contributed by atoms with van der Waals surface area (Å²) in [6.07, 6.45) is 4.40. The molecule has 2 nitrogen and oxygen atoms in total. The third kappa shape index (κ3) is 2.19. The van der Waals surface area contributed by atoms with Crippen molar-refractivity contribution in [3.8, 4) is 0 Å². The first kappa shape index (κ1) is 10.9. The molecule has 0 aliphatic carbocycles. The lowest BCUT2D eigenvalue weighted by molar-refractivity contribution is 0.864. The van der Waals surface area contributed by atoms with E-state index in [0.29, 0.717) is 5.69 Å². The SMILES string of the molecule is CCCc1ccc(N)c(N)c1CCC. The minimum absolute atomic E-state index is 0.716. The maximum absolute atomic E-state index is 5.97. The van der Waals surface area contributed by atoms with E-state index in [-0.39, 0.29) is 0 Å². The van der Waals surface area contributed by atoms with Crippen molar-refractivity contribution >= 4 is 11.4 Å². The molecular formula is C12H20N2. The first-order valence-corrected chi connectivity index (χ1v) is 5.36. The zero-order valence-electron chi connectivity index (χ0n) is 9.14. The molecule has 1 aromatic carbocycles. The predicted molar refractivity (Wildman–Crippen MR) is 63.3 cm³/mol. The predicted octanol–water partition coefficient (Wildman–Crippen LogP) is 2.76. The Morgan fingerprint density at radius 1 is 1.00 bits per heavy atom. The molecule has 4 N–H and O–H groups in total. The Labute approximate surface area is 86.3 Å². The molecule has 0 atom stereocenters. The largest absolute Gasteiger partial charge is 0.397 e. The molecule has 2 heteroatoms. The molecule has 0 bridgehead atoms. The lowest BCUT2D eigenvalue weighted by Crippen LogP contribution is -2.04. The van der Waals surface area contributed by atoms with Crippen molar-refractivity contribution in [2.75, 3.05) is 11.5 Å². The number of anilines is 2. The molecule has 0 unspecified atom stereocenters. The van der Waals surface area contributed by atoms with Crippen LogP contribution in [0.15, 0.2) is 12.1 Å². The zero-order valence-corrected chi connectivity index (χ0v) is 9.14. The Hall–Kier alpha value is -1.18. The first-order chi connectivity index (χ1) is 6.70. The number of benzene rings is 1. The van der Waals surface area contributed by atoms with Crippen LogP contribution < -0.4 is 11.5 Å². The highest BCUT2D eigenvalue weighted by atomic mass is 14.7. The van der Waals surface area contributed by atoms with Crippen LogP contribution in [0.25, 0.3) is 0 Å². The van der Waals surface area contributed by atoms with Crippen LogP contribution in [0.3, 0.4) is 0 Å². The van der Waals surface area contributed by atoms with Crippen molar-refractivity contribution in [1.82, 2.24) is 0 Å². The lowest BCUT2D eigenvalue weighted by Gasteiger charge is -2.13. The molecule has 0 amide bonds. The van der Waals surface area contributed by atoms with Gasteiger partial charge in [0.15, 0.2) is 0 Å². The monoisotopic (exact) mass is 192 g/mol. The van der Waals surface area contributed by atoms with E-state index in [1.807, 2.05) is 6.07 Å². The Balaban J connectivity index is 3.08. The Morgan fingerprint density at radius 2 is 1.64 bits per heavy atom. The summed E-state index contributed by atoms with van der Waals surface area (Å²) in [6, 6.07) is 4.03. The summed E-state index contributed by atoms with van der Waals surface area (Å²) >= 11 is 0. The van der Waals surface area contributed by atoms with Gasteiger partial charge in [0.2, 0.25) is 0 Å². The van der Waals surface area contributed by atoms with E-state index < -0.39 is 0 Å². The molecule has 0 aliphatic heterocycles. The third-order valence-corrected chi connectivity index (χ3v) is 2.51. The normalized spacial score (nSPS) is 10.4. The summed E-state index contributed by atoms with van der Waals surface area (Å²) in [4.78, 5) is 0. The molecule has 0 spiro atoms. The zero-order chi connectivity index (χ0) is 10.6. The average molecular weight is 192 g/mol. The van der Waals surface area contributed by atoms with Crippen molar-refractivity contribution in [2.24, 2.45) is 0 Å². The van der Waals surface area contributed by atoms with Gasteiger partial charge in [-0.2, -0.15) is 0 Å². The standard InChI is InChI=1S/C12H20N2/c1-3-5-9-7-8-11(13)12(14)10(9)6-4-2/h7-8H,3-6,13-14H2,1-2H3. The highest BCUT2D eigenvalue weighted by molar-refractivity contribution is 5.69. The molecule has 78 valence electrons. The summed E-state index contributed by atoms with van der Waals surface area (Å²) in [6.45, 7) is 4.35. The minimum atomic E-state index is 0.716. The first-order valence-electron chi connectivity index (χ1n) is 5.36. The van der Waals surface area contributed by atoms with Gasteiger partial charge < -0.3 is 11.5 Å². The summed E-state index contributed by atoms with van der Waals surface area (Å²) in [5.74, 6) is 0. The lowest BCUT2D eigenvalue weighted by atomic mass is 9.97. The van der Waals surface area contributed by atoms with Crippen LogP contribution in [0.2, 0.25) is 0 Å². The number of rotatable bonds is 4. The smallest absolute Gasteiger partial charge is 0.0583 e. The van der Waals surface area contributed by atoms with E-state index in [2.05, 4.69) is 19.9 Å². The van der Waals surface area contributed by atoms with Gasteiger partial charge >= 0.3 is 0 Å². The maximum Gasteiger partial charge on any atom is 0.0583 e. The Kier molecular flexibility index (Phi) is 3.81. The van der Waals surface area contributed by atoms with Crippen molar-refractivity contribution in [3.05, 3.63) is 23.3 Å². The van der Waals surface area contributed by atoms with Crippen LogP contribution in [-0.4, -0.2) is 0 Å². The van der Waals surface area contributed by atoms with Crippen molar-refractivity contribution in [1.29, 1.82) is 0 Å². The van der Waals surface area contributed by atoms with E-state index in [1.54, 1.807) is 0 Å². The van der Waals surface area contributed by atoms with E-state index in [1.165, 1.54) is 11.1 Å². The van der Waals surface area contributed by atoms with E-state index in [9.17, 15) is 0 Å². The minimum Gasteiger partial charge on any atom is -0.397 e. The Bertz CT molecular complexity index is 305. The fraction of sp³-hybridized carbons (Fsp3) is 0.500. The highest BCUT2D eigenvalue weighted by Gasteiger charge is 2.07. The van der Waals surface area contributed by atoms with Crippen LogP contribution in [-0.2, 0) is 12.8 Å². The van der Waals surface area contributed by atoms with Crippen molar-refractivity contribution < 1.29 is 0 Å². The van der Waals surface area contributed by atoms with Gasteiger partial charge in [-0.05, 0) is 30.0 Å². The number of nitrogens with two attached hydrogens (primary N) is 2. The molecule has 1 rings (SSSR count). The van der Waals surface area contributed by atoms with Gasteiger partial charge in [0.05, 0.1) is 11.4 Å². The summed E-state index contributed by atoms with van der Waals surface area (Å²) in [5, 5.41) is 0. The van der Waals surface area contributed by atoms with Crippen molar-refractivity contribution in [2.45, 2.75) is 39.5 Å². The number of hydrogen-bond donors (Lipinski definition) is 2. The Morgan fingerprint density at radius 3 is 2.21 bits per heavy atom. The molecule has 0 aliphatic rings. The van der Waals surface area contributed by atoms with E-state index in [0.717, 1.165) is 31.4 Å². The topological polar surface area (TPSA) is 52.0 Å². The van der Waals surface area contributed by atoms with E-state index in [4.69, 9.17) is 11.5 Å². The average Bonchev–Trinajstić information content (AvgIpc) is 2.18. The van der Waals surface area contributed by atoms with Gasteiger partial charge in [0, 0.05) is 0 Å². The molecule has 0 heterocycles. The molecule has 0 saturated carbocycles. The molecule has 0 aromatic heterocycles. The van der Waals surface area contributed by atoms with Crippen LogP contribution in [0.1, 0.15) is 37.8 Å². The van der Waals surface area contributed by atoms with Gasteiger partial charge in [-0.1, -0.05) is 32.8 Å². The third-order valence-electron chi connectivity index (χ3n) is 2.51. The van der Waals surface area contributed by atoms with Crippen molar-refractivity contribution in [3.63, 3.8) is 0 Å². The summed E-state index contributed by atoms with van der Waals surface area (Å²) in [5.41, 5.74) is 15.9. The second kappa shape index (κ2) is 4.89. The fourth-order valence-electron chi connectivity index (χ4n) is 1.78. The molecule has 0 fully saturated rings. The highest BCUT2D eigenvalue weighted by Crippen LogP contribution is 2.26. The van der Waals surface area contributed by atoms with Gasteiger partial charge in [-0.15, -0.1) is 0 Å². The van der Waals surface area contributed by atoms with Crippen LogP contribution >= 0.6 is 0 Å². The van der Waals surface area contributed by atoms with Gasteiger partial charge in [0.1, 0.15) is 0 Å². The number of hydrogen-bond acceptors (Lipinski definition) is 2. The van der Waals surface area contributed by atoms with Gasteiger partial charge in [-0.3, -0.25) is 0 Å². The van der Waals surface area contributed by atoms with Gasteiger partial charge in [-0.25, -0.2) is 0 Å². The van der Waals surface area contributed by atoms with E-state index >= 15 is 0 Å². The second-order valence-corrected chi connectivity index (χ2v) is 3.71.